The van der Waals surface area contributed by atoms with Crippen molar-refractivity contribution in [3.63, 3.8) is 0 Å². The van der Waals surface area contributed by atoms with Crippen LogP contribution >= 0.6 is 0 Å². The molecule has 0 saturated heterocycles. The number of aliphatic hydroxyl groups excluding tert-OH is 1. The van der Waals surface area contributed by atoms with Gasteiger partial charge in [0.15, 0.2) is 0 Å². The summed E-state index contributed by atoms with van der Waals surface area (Å²) in [6, 6.07) is 0. The van der Waals surface area contributed by atoms with Crippen LogP contribution in [0.1, 0.15) is 46.0 Å². The van der Waals surface area contributed by atoms with Gasteiger partial charge in [0.05, 0.1) is 16.2 Å². The van der Waals surface area contributed by atoms with Crippen molar-refractivity contribution in [1.29, 1.82) is 0 Å². The molecule has 0 aliphatic carbocycles. The maximum Gasteiger partial charge on any atom is 1.00 e. The molecule has 0 radical (unpaired) electrons. The molecule has 1 N–H and O–H groups in total. The van der Waals surface area contributed by atoms with Gasteiger partial charge in [-0.25, -0.2) is 8.42 Å². The summed E-state index contributed by atoms with van der Waals surface area (Å²) in [6.45, 7) is 3.41. The number of hydrogen-bond donors (Lipinski definition) is 1. The van der Waals surface area contributed by atoms with E-state index in [1.54, 1.807) is 0 Å². The van der Waals surface area contributed by atoms with Crippen LogP contribution in [-0.2, 0) is 10.1 Å². The summed E-state index contributed by atoms with van der Waals surface area (Å²) in [5.74, 6) is 0. The van der Waals surface area contributed by atoms with Crippen LogP contribution in [0.5, 0.6) is 0 Å². The molecule has 0 aliphatic rings. The summed E-state index contributed by atoms with van der Waals surface area (Å²) < 4.78 is 31.6. The Morgan fingerprint density at radius 3 is 2.20 bits per heavy atom. The van der Waals surface area contributed by atoms with Gasteiger partial charge in [-0.2, -0.15) is 0 Å². The van der Waals surface area contributed by atoms with E-state index in [1.807, 2.05) is 6.92 Å². The molecule has 2 atom stereocenters. The second-order valence-electron chi connectivity index (χ2n) is 3.68. The minimum Gasteiger partial charge on any atom is -0.748 e. The van der Waals surface area contributed by atoms with Gasteiger partial charge in [0, 0.05) is 5.25 Å². The second kappa shape index (κ2) is 9.53. The molecule has 0 aliphatic heterocycles. The Hall–Kier alpha value is 1.51. The van der Waals surface area contributed by atoms with Crippen LogP contribution in [0.4, 0.5) is 0 Å². The summed E-state index contributed by atoms with van der Waals surface area (Å²) >= 11 is 0. The predicted octanol–water partition coefficient (Wildman–Crippen LogP) is -1.74. The fourth-order valence-corrected chi connectivity index (χ4v) is 1.58. The minimum atomic E-state index is -4.18. The van der Waals surface area contributed by atoms with Crippen LogP contribution in [-0.4, -0.2) is 29.4 Å². The van der Waals surface area contributed by atoms with Crippen LogP contribution in [0.25, 0.3) is 0 Å². The Morgan fingerprint density at radius 1 is 1.27 bits per heavy atom. The molecule has 0 saturated carbocycles. The summed E-state index contributed by atoms with van der Waals surface area (Å²) in [5.41, 5.74) is 0. The third-order valence-corrected chi connectivity index (χ3v) is 3.51. The van der Waals surface area contributed by atoms with E-state index in [4.69, 9.17) is 0 Å². The average molecular weight is 262 g/mol. The van der Waals surface area contributed by atoms with E-state index in [-0.39, 0.29) is 57.8 Å². The van der Waals surface area contributed by atoms with Gasteiger partial charge in [-0.05, 0) is 26.2 Å². The van der Waals surface area contributed by atoms with Crippen molar-refractivity contribution >= 4 is 10.1 Å². The van der Waals surface area contributed by atoms with E-state index in [1.165, 1.54) is 6.92 Å². The van der Waals surface area contributed by atoms with E-state index in [9.17, 15) is 18.1 Å². The minimum absolute atomic E-state index is 0. The Bertz CT molecular complexity index is 240. The molecule has 15 heavy (non-hydrogen) atoms. The van der Waals surface area contributed by atoms with Gasteiger partial charge in [-0.15, -0.1) is 0 Å². The van der Waals surface area contributed by atoms with Gasteiger partial charge < -0.3 is 9.66 Å². The molecule has 86 valence electrons. The smallest absolute Gasteiger partial charge is 0.748 e. The Kier molecular flexibility index (Phi) is 12.0. The Balaban J connectivity index is 0. The topological polar surface area (TPSA) is 77.4 Å². The molecule has 0 spiro atoms. The SMILES string of the molecule is CCCCC(O)CCC(C)S(=O)(=O)[O-].[K+]. The zero-order chi connectivity index (χ0) is 11.2. The van der Waals surface area contributed by atoms with Crippen molar-refractivity contribution in [3.05, 3.63) is 0 Å². The molecule has 6 heteroatoms. The van der Waals surface area contributed by atoms with E-state index >= 15 is 0 Å². The average Bonchev–Trinajstić information content (AvgIpc) is 2.09. The van der Waals surface area contributed by atoms with E-state index in [0.29, 0.717) is 12.8 Å². The molecule has 4 nitrogen and oxygen atoms in total. The van der Waals surface area contributed by atoms with E-state index in [2.05, 4.69) is 0 Å². The molecule has 0 heterocycles. The van der Waals surface area contributed by atoms with Gasteiger partial charge in [0.1, 0.15) is 0 Å². The molecule has 0 aromatic rings. The standard InChI is InChI=1S/C9H20O4S.K/c1-3-4-5-9(10)7-6-8(2)14(11,12)13;/h8-10H,3-7H2,1-2H3,(H,11,12,13);/q;+1/p-1. The summed E-state index contributed by atoms with van der Waals surface area (Å²) in [4.78, 5) is 0. The molecular weight excluding hydrogens is 243 g/mol. The molecule has 0 amide bonds. The molecule has 2 unspecified atom stereocenters. The first-order chi connectivity index (χ1) is 6.38. The van der Waals surface area contributed by atoms with Gasteiger partial charge in [0.25, 0.3) is 0 Å². The number of aliphatic hydroxyl groups is 1. The van der Waals surface area contributed by atoms with Crippen molar-refractivity contribution in [2.45, 2.75) is 57.3 Å². The predicted molar refractivity (Wildman–Crippen MR) is 53.9 cm³/mol. The monoisotopic (exact) mass is 262 g/mol. The third kappa shape index (κ3) is 10.4. The van der Waals surface area contributed by atoms with Gasteiger partial charge in [-0.3, -0.25) is 0 Å². The normalized spacial score (nSPS) is 15.5. The van der Waals surface area contributed by atoms with Crippen molar-refractivity contribution in [2.24, 2.45) is 0 Å². The number of unbranched alkanes of at least 4 members (excludes halogenated alkanes) is 1. The first kappa shape index (κ1) is 18.9. The van der Waals surface area contributed by atoms with E-state index < -0.39 is 21.5 Å². The van der Waals surface area contributed by atoms with Gasteiger partial charge in [-0.1, -0.05) is 19.8 Å². The zero-order valence-electron chi connectivity index (χ0n) is 9.77. The molecule has 0 bridgehead atoms. The molecule has 0 fully saturated rings. The number of rotatable bonds is 7. The molecule has 0 rings (SSSR count). The molecule has 0 aromatic heterocycles. The maximum atomic E-state index is 10.5. The van der Waals surface area contributed by atoms with Crippen LogP contribution < -0.4 is 51.4 Å². The molecule has 0 aromatic carbocycles. The van der Waals surface area contributed by atoms with Crippen molar-refractivity contribution in [2.75, 3.05) is 0 Å². The maximum absolute atomic E-state index is 10.5. The first-order valence-electron chi connectivity index (χ1n) is 5.00. The van der Waals surface area contributed by atoms with E-state index in [0.717, 1.165) is 12.8 Å². The second-order valence-corrected chi connectivity index (χ2v) is 5.47. The summed E-state index contributed by atoms with van der Waals surface area (Å²) in [7, 11) is -4.18. The summed E-state index contributed by atoms with van der Waals surface area (Å²) in [5, 5.41) is 8.51. The fourth-order valence-electron chi connectivity index (χ4n) is 1.16. The van der Waals surface area contributed by atoms with Crippen molar-refractivity contribution in [1.82, 2.24) is 0 Å². The zero-order valence-corrected chi connectivity index (χ0v) is 13.7. The Morgan fingerprint density at radius 2 is 1.80 bits per heavy atom. The van der Waals surface area contributed by atoms with Crippen LogP contribution in [0, 0.1) is 0 Å². The third-order valence-electron chi connectivity index (χ3n) is 2.29. The molecular formula is C9H19KO4S. The van der Waals surface area contributed by atoms with Crippen molar-refractivity contribution < 1.29 is 69.5 Å². The van der Waals surface area contributed by atoms with Crippen molar-refractivity contribution in [3.8, 4) is 0 Å². The van der Waals surface area contributed by atoms with Gasteiger partial charge in [0.2, 0.25) is 0 Å². The largest absolute Gasteiger partial charge is 1.00 e. The van der Waals surface area contributed by atoms with Crippen LogP contribution in [0.3, 0.4) is 0 Å². The van der Waals surface area contributed by atoms with Crippen LogP contribution in [0.2, 0.25) is 0 Å². The quantitative estimate of drug-likeness (QED) is 0.436. The Labute approximate surface area is 135 Å². The fraction of sp³-hybridized carbons (Fsp3) is 1.00. The first-order valence-corrected chi connectivity index (χ1v) is 6.47. The van der Waals surface area contributed by atoms with Gasteiger partial charge >= 0.3 is 51.4 Å². The number of hydrogen-bond acceptors (Lipinski definition) is 4. The van der Waals surface area contributed by atoms with Crippen LogP contribution in [0.15, 0.2) is 0 Å². The summed E-state index contributed by atoms with van der Waals surface area (Å²) in [6.07, 6.45) is 2.78.